The van der Waals surface area contributed by atoms with Crippen molar-refractivity contribution >= 4 is 17.9 Å². The van der Waals surface area contributed by atoms with Crippen molar-refractivity contribution in [2.24, 2.45) is 0 Å². The molecule has 0 bridgehead atoms. The molecule has 1 atom stereocenters. The van der Waals surface area contributed by atoms with E-state index in [1.807, 2.05) is 30.3 Å². The number of benzene rings is 1. The lowest BCUT2D eigenvalue weighted by molar-refractivity contribution is -0.160. The molecule has 0 aliphatic carbocycles. The molecule has 23 heavy (non-hydrogen) atoms. The van der Waals surface area contributed by atoms with E-state index in [1.54, 1.807) is 0 Å². The molecule has 0 spiro atoms. The number of esters is 3. The maximum absolute atomic E-state index is 11.6. The van der Waals surface area contributed by atoms with Gasteiger partial charge in [0.05, 0.1) is 13.1 Å². The van der Waals surface area contributed by atoms with Crippen molar-refractivity contribution in [2.75, 3.05) is 19.6 Å². The van der Waals surface area contributed by atoms with Crippen LogP contribution in [0.25, 0.3) is 0 Å². The topological polar surface area (TPSA) is 93.7 Å². The largest absolute Gasteiger partial charge is 0.460 e. The second-order valence-corrected chi connectivity index (χ2v) is 5.19. The van der Waals surface area contributed by atoms with Crippen LogP contribution in [0.15, 0.2) is 30.3 Å². The normalized spacial score (nSPS) is 16.8. The summed E-state index contributed by atoms with van der Waals surface area (Å²) in [6, 6.07) is 8.87. The zero-order valence-electron chi connectivity index (χ0n) is 12.7. The van der Waals surface area contributed by atoms with Crippen LogP contribution >= 0.6 is 0 Å². The van der Waals surface area contributed by atoms with Gasteiger partial charge in [-0.05, 0) is 24.9 Å². The quantitative estimate of drug-likeness (QED) is 0.545. The van der Waals surface area contributed by atoms with Crippen LogP contribution < -0.4 is 10.6 Å². The van der Waals surface area contributed by atoms with Crippen molar-refractivity contribution in [3.63, 3.8) is 0 Å². The molecule has 1 heterocycles. The van der Waals surface area contributed by atoms with E-state index in [4.69, 9.17) is 9.47 Å². The third kappa shape index (κ3) is 6.17. The lowest BCUT2D eigenvalue weighted by Crippen LogP contribution is -2.37. The predicted octanol–water partition coefficient (Wildman–Crippen LogP) is 0.141. The van der Waals surface area contributed by atoms with Crippen molar-refractivity contribution in [1.82, 2.24) is 10.6 Å². The first-order valence-corrected chi connectivity index (χ1v) is 7.53. The molecular formula is C16H20N2O5. The molecule has 1 aliphatic heterocycles. The highest BCUT2D eigenvalue weighted by molar-refractivity contribution is 5.89. The summed E-state index contributed by atoms with van der Waals surface area (Å²) < 4.78 is 9.73. The molecule has 7 nitrogen and oxygen atoms in total. The average molecular weight is 320 g/mol. The molecule has 0 saturated carbocycles. The van der Waals surface area contributed by atoms with Gasteiger partial charge in [-0.25, -0.2) is 4.79 Å². The molecule has 1 aromatic rings. The Morgan fingerprint density at radius 1 is 1.13 bits per heavy atom. The molecule has 1 aliphatic rings. The van der Waals surface area contributed by atoms with Crippen LogP contribution in [-0.2, 0) is 30.5 Å². The third-order valence-corrected chi connectivity index (χ3v) is 3.34. The number of ether oxygens (including phenoxy) is 2. The number of carbonyl (C=O) groups excluding carboxylic acids is 3. The first-order valence-electron chi connectivity index (χ1n) is 7.53. The second kappa shape index (κ2) is 9.02. The maximum atomic E-state index is 11.6. The minimum Gasteiger partial charge on any atom is -0.460 e. The predicted molar refractivity (Wildman–Crippen MR) is 81.2 cm³/mol. The molecule has 0 aromatic heterocycles. The number of hydrogen-bond donors (Lipinski definition) is 2. The molecule has 124 valence electrons. The van der Waals surface area contributed by atoms with Gasteiger partial charge in [0.2, 0.25) is 0 Å². The van der Waals surface area contributed by atoms with Crippen molar-refractivity contribution in [3.05, 3.63) is 35.9 Å². The number of rotatable bonds is 7. The van der Waals surface area contributed by atoms with Gasteiger partial charge in [-0.2, -0.15) is 0 Å². The summed E-state index contributed by atoms with van der Waals surface area (Å²) in [7, 11) is 0. The zero-order valence-corrected chi connectivity index (χ0v) is 12.7. The summed E-state index contributed by atoms with van der Waals surface area (Å²) in [5.74, 6) is -1.76. The van der Waals surface area contributed by atoms with E-state index in [2.05, 4.69) is 10.6 Å². The third-order valence-electron chi connectivity index (χ3n) is 3.34. The van der Waals surface area contributed by atoms with Crippen molar-refractivity contribution in [3.8, 4) is 0 Å². The Hall–Kier alpha value is -2.25. The lowest BCUT2D eigenvalue weighted by Gasteiger charge is -2.09. The Morgan fingerprint density at radius 2 is 1.87 bits per heavy atom. The summed E-state index contributed by atoms with van der Waals surface area (Å²) in [5.41, 5.74) is 0.884. The molecule has 1 aromatic carbocycles. The molecule has 0 radical (unpaired) electrons. The van der Waals surface area contributed by atoms with E-state index in [0.717, 1.165) is 18.5 Å². The summed E-state index contributed by atoms with van der Waals surface area (Å²) in [6.07, 6.45) is 1.56. The Labute approximate surface area is 134 Å². The molecular weight excluding hydrogens is 300 g/mol. The zero-order chi connectivity index (χ0) is 16.5. The van der Waals surface area contributed by atoms with Gasteiger partial charge in [0.15, 0.2) is 0 Å². The summed E-state index contributed by atoms with van der Waals surface area (Å²) >= 11 is 0. The van der Waals surface area contributed by atoms with Crippen molar-refractivity contribution in [1.29, 1.82) is 0 Å². The van der Waals surface area contributed by atoms with Crippen molar-refractivity contribution < 1.29 is 23.9 Å². The highest BCUT2D eigenvalue weighted by atomic mass is 16.6. The van der Waals surface area contributed by atoms with Gasteiger partial charge in [0.1, 0.15) is 12.6 Å². The van der Waals surface area contributed by atoms with E-state index in [0.29, 0.717) is 6.42 Å². The first kappa shape index (κ1) is 17.1. The molecule has 0 unspecified atom stereocenters. The van der Waals surface area contributed by atoms with Gasteiger partial charge >= 0.3 is 17.9 Å². The SMILES string of the molecule is O=C(CNCC(=O)OC(=O)[C@@H]1CCCN1)OCc1ccccc1. The van der Waals surface area contributed by atoms with Crippen LogP contribution in [0, 0.1) is 0 Å². The van der Waals surface area contributed by atoms with Gasteiger partial charge < -0.3 is 14.8 Å². The van der Waals surface area contributed by atoms with Crippen LogP contribution in [0.1, 0.15) is 18.4 Å². The van der Waals surface area contributed by atoms with E-state index in [-0.39, 0.29) is 19.7 Å². The van der Waals surface area contributed by atoms with E-state index in [1.165, 1.54) is 0 Å². The lowest BCUT2D eigenvalue weighted by atomic mass is 10.2. The molecule has 2 N–H and O–H groups in total. The van der Waals surface area contributed by atoms with E-state index >= 15 is 0 Å². The molecule has 1 saturated heterocycles. The fourth-order valence-corrected chi connectivity index (χ4v) is 2.16. The number of hydrogen-bond acceptors (Lipinski definition) is 7. The van der Waals surface area contributed by atoms with E-state index in [9.17, 15) is 14.4 Å². The summed E-state index contributed by atoms with van der Waals surface area (Å²) in [5, 5.41) is 5.54. The maximum Gasteiger partial charge on any atom is 0.330 e. The van der Waals surface area contributed by atoms with Gasteiger partial charge in [-0.15, -0.1) is 0 Å². The Kier molecular flexibility index (Phi) is 6.71. The average Bonchev–Trinajstić information content (AvgIpc) is 3.08. The molecule has 0 amide bonds. The highest BCUT2D eigenvalue weighted by Crippen LogP contribution is 2.06. The smallest absolute Gasteiger partial charge is 0.330 e. The highest BCUT2D eigenvalue weighted by Gasteiger charge is 2.25. The van der Waals surface area contributed by atoms with Gasteiger partial charge in [-0.1, -0.05) is 30.3 Å². The minimum atomic E-state index is -0.709. The van der Waals surface area contributed by atoms with Crippen LogP contribution in [0.4, 0.5) is 0 Å². The van der Waals surface area contributed by atoms with Crippen LogP contribution in [0.2, 0.25) is 0 Å². The Balaban J connectivity index is 1.57. The summed E-state index contributed by atoms with van der Waals surface area (Å²) in [6.45, 7) is 0.577. The number of carbonyl (C=O) groups is 3. The molecule has 1 fully saturated rings. The van der Waals surface area contributed by atoms with Crippen LogP contribution in [0.3, 0.4) is 0 Å². The monoisotopic (exact) mass is 320 g/mol. The van der Waals surface area contributed by atoms with Crippen LogP contribution in [0.5, 0.6) is 0 Å². The first-order chi connectivity index (χ1) is 11.1. The fraction of sp³-hybridized carbons (Fsp3) is 0.438. The van der Waals surface area contributed by atoms with E-state index < -0.39 is 23.9 Å². The summed E-state index contributed by atoms with van der Waals surface area (Å²) in [4.78, 5) is 34.6. The van der Waals surface area contributed by atoms with Gasteiger partial charge in [0.25, 0.3) is 0 Å². The van der Waals surface area contributed by atoms with Crippen molar-refractivity contribution in [2.45, 2.75) is 25.5 Å². The number of nitrogens with one attached hydrogen (secondary N) is 2. The van der Waals surface area contributed by atoms with Crippen LogP contribution in [-0.4, -0.2) is 43.6 Å². The molecule has 2 rings (SSSR count). The molecule has 7 heteroatoms. The Morgan fingerprint density at radius 3 is 2.57 bits per heavy atom. The van der Waals surface area contributed by atoms with Gasteiger partial charge in [0, 0.05) is 0 Å². The standard InChI is InChI=1S/C16H20N2O5/c19-14(22-11-12-5-2-1-3-6-12)9-17-10-15(20)23-16(21)13-7-4-8-18-13/h1-3,5-6,13,17-18H,4,7-11H2/t13-/m0/s1. The van der Waals surface area contributed by atoms with Gasteiger partial charge in [-0.3, -0.25) is 14.9 Å². The Bertz CT molecular complexity index is 541. The minimum absolute atomic E-state index is 0.127. The fourth-order valence-electron chi connectivity index (χ4n) is 2.16. The second-order valence-electron chi connectivity index (χ2n) is 5.19.